The van der Waals surface area contributed by atoms with Gasteiger partial charge in [-0.1, -0.05) is 0 Å². The molecule has 2 aromatic heterocycles. The second-order valence-corrected chi connectivity index (χ2v) is 8.86. The van der Waals surface area contributed by atoms with Crippen molar-refractivity contribution in [3.8, 4) is 0 Å². The third-order valence-corrected chi connectivity index (χ3v) is 6.51. The van der Waals surface area contributed by atoms with Gasteiger partial charge in [0.1, 0.15) is 6.33 Å². The average molecular weight is 412 g/mol. The first kappa shape index (κ1) is 19.3. The first-order valence-corrected chi connectivity index (χ1v) is 11.1. The van der Waals surface area contributed by atoms with Gasteiger partial charge in [0.25, 0.3) is 5.91 Å². The van der Waals surface area contributed by atoms with E-state index in [0.29, 0.717) is 41.8 Å². The molecule has 2 amide bonds. The zero-order valence-corrected chi connectivity index (χ0v) is 17.6. The van der Waals surface area contributed by atoms with Gasteiger partial charge in [-0.2, -0.15) is 0 Å². The van der Waals surface area contributed by atoms with Crippen LogP contribution in [-0.2, 0) is 11.3 Å². The van der Waals surface area contributed by atoms with Crippen molar-refractivity contribution in [2.75, 3.05) is 18.4 Å². The molecule has 160 valence electrons. The van der Waals surface area contributed by atoms with Gasteiger partial charge in [0.2, 0.25) is 11.7 Å². The van der Waals surface area contributed by atoms with E-state index in [-0.39, 0.29) is 29.8 Å². The monoisotopic (exact) mass is 411 g/mol. The van der Waals surface area contributed by atoms with E-state index in [4.69, 9.17) is 0 Å². The Bertz CT molecular complexity index is 979. The summed E-state index contributed by atoms with van der Waals surface area (Å²) in [5.74, 6) is 1.94. The minimum Gasteiger partial charge on any atom is -0.364 e. The van der Waals surface area contributed by atoms with Gasteiger partial charge in [-0.05, 0) is 51.9 Å². The molecule has 3 fully saturated rings. The number of nitrogens with zero attached hydrogens (tertiary/aromatic N) is 5. The molecule has 1 aliphatic heterocycles. The first-order valence-electron chi connectivity index (χ1n) is 11.1. The molecule has 2 aromatic rings. The second-order valence-electron chi connectivity index (χ2n) is 8.86. The van der Waals surface area contributed by atoms with Crippen LogP contribution < -0.4 is 10.6 Å². The maximum atomic E-state index is 12.9. The summed E-state index contributed by atoms with van der Waals surface area (Å²) < 4.78 is 1.84. The highest BCUT2D eigenvalue weighted by atomic mass is 16.2. The number of carbonyl (C=O) groups is 2. The van der Waals surface area contributed by atoms with Gasteiger partial charge in [0, 0.05) is 37.6 Å². The fourth-order valence-corrected chi connectivity index (χ4v) is 4.36. The number of likely N-dealkylation sites (tertiary alicyclic amines) is 1. The molecule has 0 bridgehead atoms. The Morgan fingerprint density at radius 2 is 2.00 bits per heavy atom. The zero-order valence-electron chi connectivity index (χ0n) is 17.6. The largest absolute Gasteiger partial charge is 0.364 e. The molecule has 5 rings (SSSR count). The predicted molar refractivity (Wildman–Crippen MR) is 112 cm³/mol. The summed E-state index contributed by atoms with van der Waals surface area (Å²) >= 11 is 0. The van der Waals surface area contributed by atoms with Crippen LogP contribution in [0.4, 0.5) is 5.82 Å². The average Bonchev–Trinajstić information content (AvgIpc) is 3.66. The molecule has 3 heterocycles. The van der Waals surface area contributed by atoms with E-state index < -0.39 is 0 Å². The Hall–Kier alpha value is -2.71. The van der Waals surface area contributed by atoms with E-state index in [1.165, 1.54) is 19.2 Å². The van der Waals surface area contributed by atoms with Gasteiger partial charge in [0.15, 0.2) is 17.0 Å². The molecule has 1 saturated heterocycles. The quantitative estimate of drug-likeness (QED) is 0.720. The smallest absolute Gasteiger partial charge is 0.287 e. The number of carbonyl (C=O) groups excluding carboxylic acids is 2. The van der Waals surface area contributed by atoms with Crippen molar-refractivity contribution in [3.05, 3.63) is 12.2 Å². The maximum Gasteiger partial charge on any atom is 0.287 e. The van der Waals surface area contributed by atoms with Crippen LogP contribution in [0.15, 0.2) is 6.33 Å². The van der Waals surface area contributed by atoms with Gasteiger partial charge in [-0.3, -0.25) is 9.59 Å². The molecule has 0 spiro atoms. The normalized spacial score (nSPS) is 22.3. The van der Waals surface area contributed by atoms with Crippen molar-refractivity contribution < 1.29 is 9.59 Å². The number of rotatable bonds is 7. The van der Waals surface area contributed by atoms with Crippen LogP contribution in [0, 0.1) is 11.8 Å². The SMILES string of the molecule is CCn1c(C(=O)NC(C)C2CC2)nc2c(NC3CCN(C(=O)C4CC4)C3)ncnc21. The van der Waals surface area contributed by atoms with Crippen molar-refractivity contribution >= 4 is 28.8 Å². The highest BCUT2D eigenvalue weighted by Gasteiger charge is 2.37. The third-order valence-electron chi connectivity index (χ3n) is 6.51. The Morgan fingerprint density at radius 3 is 2.70 bits per heavy atom. The molecule has 9 heteroatoms. The summed E-state index contributed by atoms with van der Waals surface area (Å²) in [6.07, 6.45) is 6.79. The molecule has 9 nitrogen and oxygen atoms in total. The fourth-order valence-electron chi connectivity index (χ4n) is 4.36. The van der Waals surface area contributed by atoms with E-state index >= 15 is 0 Å². The van der Waals surface area contributed by atoms with Crippen LogP contribution in [-0.4, -0.2) is 61.4 Å². The minimum atomic E-state index is -0.165. The highest BCUT2D eigenvalue weighted by Crippen LogP contribution is 2.33. The molecule has 2 atom stereocenters. The number of nitrogens with one attached hydrogen (secondary N) is 2. The number of fused-ring (bicyclic) bond motifs is 1. The lowest BCUT2D eigenvalue weighted by Gasteiger charge is -2.17. The first-order chi connectivity index (χ1) is 14.5. The number of aromatic nitrogens is 4. The Labute approximate surface area is 175 Å². The molecular weight excluding hydrogens is 382 g/mol. The summed E-state index contributed by atoms with van der Waals surface area (Å²) in [4.78, 5) is 40.6. The van der Waals surface area contributed by atoms with Gasteiger partial charge < -0.3 is 20.1 Å². The minimum absolute atomic E-state index is 0.129. The lowest BCUT2D eigenvalue weighted by molar-refractivity contribution is -0.131. The number of hydrogen-bond donors (Lipinski definition) is 2. The van der Waals surface area contributed by atoms with Crippen molar-refractivity contribution in [1.82, 2.24) is 29.7 Å². The number of aryl methyl sites for hydroxylation is 1. The van der Waals surface area contributed by atoms with Crippen molar-refractivity contribution in [3.63, 3.8) is 0 Å². The lowest BCUT2D eigenvalue weighted by atomic mass is 10.2. The van der Waals surface area contributed by atoms with Gasteiger partial charge in [-0.15, -0.1) is 0 Å². The second kappa shape index (κ2) is 7.52. The number of imidazole rings is 1. The summed E-state index contributed by atoms with van der Waals surface area (Å²) in [6, 6.07) is 0.282. The molecule has 0 radical (unpaired) electrons. The predicted octanol–water partition coefficient (Wildman–Crippen LogP) is 1.80. The van der Waals surface area contributed by atoms with E-state index in [2.05, 4.69) is 32.5 Å². The molecule has 30 heavy (non-hydrogen) atoms. The van der Waals surface area contributed by atoms with Crippen LogP contribution in [0.1, 0.15) is 56.6 Å². The van der Waals surface area contributed by atoms with Crippen LogP contribution in [0.3, 0.4) is 0 Å². The van der Waals surface area contributed by atoms with Gasteiger partial charge in [0.05, 0.1) is 0 Å². The zero-order chi connectivity index (χ0) is 20.8. The van der Waals surface area contributed by atoms with Crippen LogP contribution in [0.25, 0.3) is 11.2 Å². The standard InChI is InChI=1S/C21H29N7O2/c1-3-28-18-16(26-19(28)20(29)24-12(2)13-4-5-13)17(22-11-23-18)25-15-8-9-27(10-15)21(30)14-6-7-14/h11-15H,3-10H2,1-2H3,(H,24,29)(H,22,23,25). The number of anilines is 1. The van der Waals surface area contributed by atoms with Crippen molar-refractivity contribution in [1.29, 1.82) is 0 Å². The molecule has 2 saturated carbocycles. The number of amides is 2. The summed E-state index contributed by atoms with van der Waals surface area (Å²) in [6.45, 7) is 6.09. The van der Waals surface area contributed by atoms with Gasteiger partial charge >= 0.3 is 0 Å². The Kier molecular flexibility index (Phi) is 4.83. The molecule has 2 aliphatic carbocycles. The van der Waals surface area contributed by atoms with E-state index in [1.54, 1.807) is 0 Å². The molecule has 2 N–H and O–H groups in total. The lowest BCUT2D eigenvalue weighted by Crippen LogP contribution is -2.35. The molecular formula is C21H29N7O2. The van der Waals surface area contributed by atoms with Crippen LogP contribution in [0.5, 0.6) is 0 Å². The fraction of sp³-hybridized carbons (Fsp3) is 0.667. The van der Waals surface area contributed by atoms with Gasteiger partial charge in [-0.25, -0.2) is 15.0 Å². The topological polar surface area (TPSA) is 105 Å². The molecule has 0 aromatic carbocycles. The van der Waals surface area contributed by atoms with E-state index in [9.17, 15) is 9.59 Å². The molecule has 2 unspecified atom stereocenters. The van der Waals surface area contributed by atoms with Crippen molar-refractivity contribution in [2.24, 2.45) is 11.8 Å². The molecule has 3 aliphatic rings. The summed E-state index contributed by atoms with van der Waals surface area (Å²) in [5, 5.41) is 6.53. The maximum absolute atomic E-state index is 12.9. The van der Waals surface area contributed by atoms with Crippen molar-refractivity contribution in [2.45, 2.75) is 64.6 Å². The Balaban J connectivity index is 1.36. The van der Waals surface area contributed by atoms with Crippen LogP contribution >= 0.6 is 0 Å². The van der Waals surface area contributed by atoms with E-state index in [1.807, 2.05) is 16.4 Å². The third kappa shape index (κ3) is 3.61. The van der Waals surface area contributed by atoms with E-state index in [0.717, 1.165) is 25.8 Å². The summed E-state index contributed by atoms with van der Waals surface area (Å²) in [5.41, 5.74) is 1.26. The summed E-state index contributed by atoms with van der Waals surface area (Å²) in [7, 11) is 0. The number of hydrogen-bond acceptors (Lipinski definition) is 6. The Morgan fingerprint density at radius 1 is 1.20 bits per heavy atom. The van der Waals surface area contributed by atoms with Crippen LogP contribution in [0.2, 0.25) is 0 Å². The highest BCUT2D eigenvalue weighted by molar-refractivity contribution is 5.96.